The van der Waals surface area contributed by atoms with E-state index in [9.17, 15) is 18.0 Å². The highest BCUT2D eigenvalue weighted by molar-refractivity contribution is 7.89. The van der Waals surface area contributed by atoms with Gasteiger partial charge in [-0.1, -0.05) is 32.9 Å². The zero-order chi connectivity index (χ0) is 21.7. The second-order valence-corrected chi connectivity index (χ2v) is 8.90. The number of ether oxygens (including phenoxy) is 2. The van der Waals surface area contributed by atoms with Crippen molar-refractivity contribution in [1.82, 2.24) is 0 Å². The van der Waals surface area contributed by atoms with Crippen molar-refractivity contribution in [1.29, 1.82) is 0 Å². The second-order valence-electron chi connectivity index (χ2n) is 7.34. The van der Waals surface area contributed by atoms with E-state index in [4.69, 9.17) is 14.6 Å². The van der Waals surface area contributed by atoms with Crippen molar-refractivity contribution in [3.63, 3.8) is 0 Å². The van der Waals surface area contributed by atoms with Gasteiger partial charge in [-0.25, -0.2) is 18.4 Å². The molecule has 0 fully saturated rings. The number of rotatable bonds is 7. The van der Waals surface area contributed by atoms with Gasteiger partial charge in [0.1, 0.15) is 5.75 Å². The Balaban J connectivity index is 1.76. The molecule has 0 bridgehead atoms. The van der Waals surface area contributed by atoms with Crippen LogP contribution in [0.25, 0.3) is 0 Å². The lowest BCUT2D eigenvalue weighted by molar-refractivity contribution is -0.149. The molecule has 2 aromatic rings. The smallest absolute Gasteiger partial charge is 0.344 e. The van der Waals surface area contributed by atoms with Crippen molar-refractivity contribution in [3.05, 3.63) is 54.1 Å². The highest BCUT2D eigenvalue weighted by atomic mass is 32.2. The van der Waals surface area contributed by atoms with Gasteiger partial charge in [0.15, 0.2) is 13.2 Å². The Labute approximate surface area is 170 Å². The fourth-order valence-electron chi connectivity index (χ4n) is 2.31. The van der Waals surface area contributed by atoms with Crippen molar-refractivity contribution in [2.24, 2.45) is 5.14 Å². The third-order valence-corrected chi connectivity index (χ3v) is 4.84. The lowest BCUT2D eigenvalue weighted by Gasteiger charge is -2.19. The van der Waals surface area contributed by atoms with E-state index in [0.717, 1.165) is 5.56 Å². The van der Waals surface area contributed by atoms with Crippen LogP contribution in [0, 0.1) is 0 Å². The van der Waals surface area contributed by atoms with Crippen LogP contribution in [0.5, 0.6) is 5.75 Å². The maximum atomic E-state index is 11.8. The van der Waals surface area contributed by atoms with Crippen molar-refractivity contribution < 1.29 is 27.5 Å². The molecule has 3 N–H and O–H groups in total. The fourth-order valence-corrected chi connectivity index (χ4v) is 2.82. The molecule has 0 radical (unpaired) electrons. The minimum atomic E-state index is -3.80. The molecule has 0 saturated heterocycles. The van der Waals surface area contributed by atoms with E-state index in [2.05, 4.69) is 26.1 Å². The van der Waals surface area contributed by atoms with Gasteiger partial charge >= 0.3 is 5.97 Å². The first-order chi connectivity index (χ1) is 13.4. The molecule has 156 valence electrons. The molecular formula is C20H24N2O6S. The number of carbonyl (C=O) groups is 2. The van der Waals surface area contributed by atoms with E-state index in [1.165, 1.54) is 24.3 Å². The number of carbonyl (C=O) groups excluding carboxylic acids is 2. The van der Waals surface area contributed by atoms with Gasteiger partial charge in [-0.15, -0.1) is 0 Å². The number of nitrogens with two attached hydrogens (primary N) is 1. The monoisotopic (exact) mass is 420 g/mol. The van der Waals surface area contributed by atoms with Crippen LogP contribution in [0.3, 0.4) is 0 Å². The van der Waals surface area contributed by atoms with Gasteiger partial charge in [0.25, 0.3) is 5.91 Å². The topological polar surface area (TPSA) is 125 Å². The van der Waals surface area contributed by atoms with Crippen LogP contribution < -0.4 is 15.2 Å². The minimum Gasteiger partial charge on any atom is -0.482 e. The molecule has 9 heteroatoms. The van der Waals surface area contributed by atoms with Crippen LogP contribution >= 0.6 is 0 Å². The second kappa shape index (κ2) is 9.06. The summed E-state index contributed by atoms with van der Waals surface area (Å²) in [4.78, 5) is 23.5. The predicted octanol–water partition coefficient (Wildman–Crippen LogP) is 2.19. The predicted molar refractivity (Wildman–Crippen MR) is 108 cm³/mol. The van der Waals surface area contributed by atoms with Crippen LogP contribution in [-0.4, -0.2) is 33.5 Å². The van der Waals surface area contributed by atoms with Crippen LogP contribution in [-0.2, 0) is 29.8 Å². The van der Waals surface area contributed by atoms with Crippen molar-refractivity contribution >= 4 is 27.6 Å². The first kappa shape index (κ1) is 22.4. The summed E-state index contributed by atoms with van der Waals surface area (Å²) in [6.07, 6.45) is 0. The summed E-state index contributed by atoms with van der Waals surface area (Å²) in [5, 5.41) is 7.48. The molecule has 0 aliphatic heterocycles. The van der Waals surface area contributed by atoms with E-state index in [-0.39, 0.29) is 16.9 Å². The lowest BCUT2D eigenvalue weighted by atomic mass is 9.87. The molecule has 0 unspecified atom stereocenters. The van der Waals surface area contributed by atoms with E-state index < -0.39 is 28.5 Å². The van der Waals surface area contributed by atoms with Gasteiger partial charge < -0.3 is 14.8 Å². The number of hydrogen-bond acceptors (Lipinski definition) is 6. The molecule has 29 heavy (non-hydrogen) atoms. The minimum absolute atomic E-state index is 0.0176. The first-order valence-corrected chi connectivity index (χ1v) is 10.3. The number of benzene rings is 2. The largest absolute Gasteiger partial charge is 0.482 e. The molecule has 0 aromatic heterocycles. The van der Waals surface area contributed by atoms with E-state index in [1.54, 1.807) is 12.1 Å². The number of esters is 1. The zero-order valence-corrected chi connectivity index (χ0v) is 17.3. The van der Waals surface area contributed by atoms with Crippen LogP contribution in [0.4, 0.5) is 5.69 Å². The Morgan fingerprint density at radius 2 is 1.55 bits per heavy atom. The molecule has 0 atom stereocenters. The Bertz CT molecular complexity index is 962. The Morgan fingerprint density at radius 3 is 2.07 bits per heavy atom. The number of sulfonamides is 1. The normalized spacial score (nSPS) is 11.6. The highest BCUT2D eigenvalue weighted by Gasteiger charge is 2.14. The van der Waals surface area contributed by atoms with Crippen LogP contribution in [0.15, 0.2) is 53.4 Å². The van der Waals surface area contributed by atoms with E-state index in [1.807, 2.05) is 12.1 Å². The molecule has 0 heterocycles. The third kappa shape index (κ3) is 7.20. The Morgan fingerprint density at radius 1 is 0.966 bits per heavy atom. The Hall–Kier alpha value is -2.91. The average Bonchev–Trinajstić information content (AvgIpc) is 2.64. The summed E-state index contributed by atoms with van der Waals surface area (Å²) in [5.74, 6) is -0.741. The number of anilines is 1. The molecule has 2 rings (SSSR count). The molecule has 0 aliphatic carbocycles. The average molecular weight is 420 g/mol. The van der Waals surface area contributed by atoms with Gasteiger partial charge in [0, 0.05) is 5.69 Å². The standard InChI is InChI=1S/C20H24N2O6S/c1-20(2,3)14-4-8-16(9-5-14)27-13-19(24)28-12-18(23)22-15-6-10-17(11-7-15)29(21,25)26/h4-11H,12-13H2,1-3H3,(H,22,23)(H2,21,25,26). The quantitative estimate of drug-likeness (QED) is 0.662. The zero-order valence-electron chi connectivity index (χ0n) is 16.5. The molecule has 0 aliphatic rings. The van der Waals surface area contributed by atoms with Crippen molar-refractivity contribution in [2.45, 2.75) is 31.1 Å². The molecule has 1 amide bonds. The summed E-state index contributed by atoms with van der Waals surface area (Å²) in [6.45, 7) is 5.46. The lowest BCUT2D eigenvalue weighted by Crippen LogP contribution is -2.23. The SMILES string of the molecule is CC(C)(C)c1ccc(OCC(=O)OCC(=O)Nc2ccc(S(N)(=O)=O)cc2)cc1. The number of amides is 1. The van der Waals surface area contributed by atoms with E-state index in [0.29, 0.717) is 11.4 Å². The number of nitrogens with one attached hydrogen (secondary N) is 1. The highest BCUT2D eigenvalue weighted by Crippen LogP contribution is 2.24. The van der Waals surface area contributed by atoms with Gasteiger partial charge in [0.05, 0.1) is 4.90 Å². The fraction of sp³-hybridized carbons (Fsp3) is 0.300. The van der Waals surface area contributed by atoms with Crippen LogP contribution in [0.2, 0.25) is 0 Å². The summed E-state index contributed by atoms with van der Waals surface area (Å²) in [5.41, 5.74) is 1.50. The summed E-state index contributed by atoms with van der Waals surface area (Å²) >= 11 is 0. The summed E-state index contributed by atoms with van der Waals surface area (Å²) in [6, 6.07) is 12.7. The summed E-state index contributed by atoms with van der Waals surface area (Å²) in [7, 11) is -3.80. The molecule has 0 spiro atoms. The van der Waals surface area contributed by atoms with Gasteiger partial charge in [0.2, 0.25) is 10.0 Å². The molecular weight excluding hydrogens is 396 g/mol. The molecule has 8 nitrogen and oxygen atoms in total. The number of hydrogen-bond donors (Lipinski definition) is 2. The Kier molecular flexibility index (Phi) is 6.99. The maximum Gasteiger partial charge on any atom is 0.344 e. The van der Waals surface area contributed by atoms with Gasteiger partial charge in [-0.05, 0) is 47.4 Å². The van der Waals surface area contributed by atoms with E-state index >= 15 is 0 Å². The molecule has 2 aromatic carbocycles. The number of primary sulfonamides is 1. The summed E-state index contributed by atoms with van der Waals surface area (Å²) < 4.78 is 32.6. The van der Waals surface area contributed by atoms with Crippen LogP contribution in [0.1, 0.15) is 26.3 Å². The maximum absolute atomic E-state index is 11.8. The van der Waals surface area contributed by atoms with Gasteiger partial charge in [-0.3, -0.25) is 4.79 Å². The van der Waals surface area contributed by atoms with Gasteiger partial charge in [-0.2, -0.15) is 0 Å². The van der Waals surface area contributed by atoms with Crippen molar-refractivity contribution in [2.75, 3.05) is 18.5 Å². The first-order valence-electron chi connectivity index (χ1n) is 8.77. The third-order valence-electron chi connectivity index (χ3n) is 3.91. The van der Waals surface area contributed by atoms with Crippen molar-refractivity contribution in [3.8, 4) is 5.75 Å². The molecule has 0 saturated carbocycles.